The van der Waals surface area contributed by atoms with Gasteiger partial charge in [0, 0.05) is 7.05 Å². The number of rotatable bonds is 6. The molecule has 7 nitrogen and oxygen atoms in total. The summed E-state index contributed by atoms with van der Waals surface area (Å²) in [6.07, 6.45) is -6.25. The molecule has 24 heavy (non-hydrogen) atoms. The smallest absolute Gasteiger partial charge is 0.432 e. The minimum Gasteiger partial charge on any atom is -0.449 e. The van der Waals surface area contributed by atoms with Gasteiger partial charge in [0.25, 0.3) is 0 Å². The molecule has 11 heteroatoms. The van der Waals surface area contributed by atoms with Gasteiger partial charge in [-0.3, -0.25) is 4.31 Å². The van der Waals surface area contributed by atoms with Crippen LogP contribution in [-0.4, -0.2) is 45.8 Å². The molecule has 1 amide bonds. The molecule has 0 unspecified atom stereocenters. The molecule has 0 saturated heterocycles. The van der Waals surface area contributed by atoms with Crippen molar-refractivity contribution in [2.45, 2.75) is 13.1 Å². The van der Waals surface area contributed by atoms with Crippen LogP contribution in [0.3, 0.4) is 0 Å². The van der Waals surface area contributed by atoms with E-state index in [1.54, 1.807) is 18.2 Å². The average molecular weight is 367 g/mol. The van der Waals surface area contributed by atoms with Gasteiger partial charge in [-0.2, -0.15) is 18.3 Å². The van der Waals surface area contributed by atoms with Crippen molar-refractivity contribution in [3.63, 3.8) is 0 Å². The third-order valence-electron chi connectivity index (χ3n) is 2.74. The van der Waals surface area contributed by atoms with Crippen molar-refractivity contribution in [2.75, 3.05) is 23.7 Å². The quantitative estimate of drug-likeness (QED) is 0.616. The first-order valence-corrected chi connectivity index (χ1v) is 8.27. The first kappa shape index (κ1) is 19.7. The Kier molecular flexibility index (Phi) is 6.58. The van der Waals surface area contributed by atoms with E-state index < -0.39 is 33.8 Å². The highest BCUT2D eigenvalue weighted by Crippen LogP contribution is 2.21. The number of carbonyl (C=O) groups is 1. The molecule has 134 valence electrons. The Balaban J connectivity index is 3.01. The number of alkyl halides is 3. The highest BCUT2D eigenvalue weighted by Gasteiger charge is 2.40. The lowest BCUT2D eigenvalue weighted by molar-refractivity contribution is -0.0594. The standard InChI is InChI=1S/C13H16F3N3O4S/c1-3-23-12(20)18-17-11(13(14,15)16)9-24(21,22)19(2)10-7-5-4-6-8-10/h4-8H,3,9H2,1-2H3,(H,18,20)/b17-11+. The zero-order valence-electron chi connectivity index (χ0n) is 12.9. The largest absolute Gasteiger partial charge is 0.449 e. The van der Waals surface area contributed by atoms with Crippen molar-refractivity contribution >= 4 is 27.5 Å². The van der Waals surface area contributed by atoms with Crippen molar-refractivity contribution in [2.24, 2.45) is 5.10 Å². The van der Waals surface area contributed by atoms with Crippen molar-refractivity contribution in [1.82, 2.24) is 5.43 Å². The number of para-hydroxylation sites is 1. The average Bonchev–Trinajstić information content (AvgIpc) is 2.50. The van der Waals surface area contributed by atoms with Crippen molar-refractivity contribution < 1.29 is 31.1 Å². The lowest BCUT2D eigenvalue weighted by Crippen LogP contribution is -2.39. The fraction of sp³-hybridized carbons (Fsp3) is 0.385. The molecule has 0 fully saturated rings. The van der Waals surface area contributed by atoms with Crippen LogP contribution >= 0.6 is 0 Å². The van der Waals surface area contributed by atoms with E-state index in [1.165, 1.54) is 24.5 Å². The van der Waals surface area contributed by atoms with Crippen molar-refractivity contribution in [3.05, 3.63) is 30.3 Å². The fourth-order valence-corrected chi connectivity index (χ4v) is 2.73. The first-order chi connectivity index (χ1) is 11.1. The first-order valence-electron chi connectivity index (χ1n) is 6.66. The van der Waals surface area contributed by atoms with Crippen LogP contribution in [0.25, 0.3) is 0 Å². The Morgan fingerprint density at radius 1 is 1.29 bits per heavy atom. The number of amides is 1. The minimum absolute atomic E-state index is 0.0717. The summed E-state index contributed by atoms with van der Waals surface area (Å²) < 4.78 is 68.2. The molecule has 0 bridgehead atoms. The summed E-state index contributed by atoms with van der Waals surface area (Å²) in [5, 5.41) is 2.84. The number of ether oxygens (including phenoxy) is 1. The van der Waals surface area contributed by atoms with Gasteiger partial charge < -0.3 is 4.74 Å². The molecule has 1 aromatic rings. The predicted molar refractivity (Wildman–Crippen MR) is 82.3 cm³/mol. The molecule has 0 heterocycles. The number of nitrogens with one attached hydrogen (secondary N) is 1. The lowest BCUT2D eigenvalue weighted by atomic mass is 10.3. The van der Waals surface area contributed by atoms with Gasteiger partial charge in [-0.1, -0.05) is 18.2 Å². The molecule has 0 atom stereocenters. The zero-order chi connectivity index (χ0) is 18.4. The van der Waals surface area contributed by atoms with Gasteiger partial charge in [0.05, 0.1) is 12.3 Å². The second-order valence-corrected chi connectivity index (χ2v) is 6.45. The van der Waals surface area contributed by atoms with Gasteiger partial charge in [0.15, 0.2) is 5.71 Å². The number of benzene rings is 1. The summed E-state index contributed by atoms with van der Waals surface area (Å²) in [6, 6.07) is 7.58. The van der Waals surface area contributed by atoms with E-state index in [-0.39, 0.29) is 12.3 Å². The van der Waals surface area contributed by atoms with Gasteiger partial charge in [0.2, 0.25) is 10.0 Å². The van der Waals surface area contributed by atoms with Gasteiger partial charge in [-0.25, -0.2) is 18.6 Å². The molecule has 0 aliphatic rings. The summed E-state index contributed by atoms with van der Waals surface area (Å²) in [5.74, 6) is -1.44. The van der Waals surface area contributed by atoms with Crippen LogP contribution in [0.5, 0.6) is 0 Å². The van der Waals surface area contributed by atoms with Gasteiger partial charge in [0.1, 0.15) is 5.75 Å². The molecular weight excluding hydrogens is 351 g/mol. The Morgan fingerprint density at radius 3 is 2.38 bits per heavy atom. The Hall–Kier alpha value is -2.30. The number of hydrogen-bond donors (Lipinski definition) is 1. The van der Waals surface area contributed by atoms with E-state index in [0.717, 1.165) is 7.05 Å². The van der Waals surface area contributed by atoms with Crippen LogP contribution in [-0.2, 0) is 14.8 Å². The van der Waals surface area contributed by atoms with Crippen LogP contribution in [0.1, 0.15) is 6.92 Å². The monoisotopic (exact) mass is 367 g/mol. The summed E-state index contributed by atoms with van der Waals surface area (Å²) in [4.78, 5) is 11.0. The van der Waals surface area contributed by atoms with Gasteiger partial charge in [-0.15, -0.1) is 0 Å². The third-order valence-corrected chi connectivity index (χ3v) is 4.42. The summed E-state index contributed by atoms with van der Waals surface area (Å²) in [5.41, 5.74) is 0.0391. The lowest BCUT2D eigenvalue weighted by Gasteiger charge is -2.20. The molecule has 0 aromatic heterocycles. The summed E-state index contributed by atoms with van der Waals surface area (Å²) in [6.45, 7) is 1.38. The SMILES string of the molecule is CCOC(=O)N/N=C(\CS(=O)(=O)N(C)c1ccccc1)C(F)(F)F. The van der Waals surface area contributed by atoms with Crippen LogP contribution in [0.15, 0.2) is 35.4 Å². The maximum Gasteiger partial charge on any atom is 0.432 e. The van der Waals surface area contributed by atoms with Crippen LogP contribution in [0, 0.1) is 0 Å². The number of hydrogen-bond acceptors (Lipinski definition) is 5. The van der Waals surface area contributed by atoms with Gasteiger partial charge >= 0.3 is 12.3 Å². The molecule has 0 radical (unpaired) electrons. The highest BCUT2D eigenvalue weighted by atomic mass is 32.2. The van der Waals surface area contributed by atoms with Gasteiger partial charge in [-0.05, 0) is 19.1 Å². The molecule has 1 aromatic carbocycles. The summed E-state index contributed by atoms with van der Waals surface area (Å²) in [7, 11) is -3.24. The minimum atomic E-state index is -5.04. The third kappa shape index (κ3) is 5.72. The maximum absolute atomic E-state index is 12.9. The van der Waals surface area contributed by atoms with Crippen molar-refractivity contribution in [3.8, 4) is 0 Å². The Bertz CT molecular complexity index is 690. The van der Waals surface area contributed by atoms with E-state index in [2.05, 4.69) is 9.84 Å². The second kappa shape index (κ2) is 7.99. The summed E-state index contributed by atoms with van der Waals surface area (Å²) >= 11 is 0. The fourth-order valence-electron chi connectivity index (χ4n) is 1.52. The highest BCUT2D eigenvalue weighted by molar-refractivity contribution is 7.93. The van der Waals surface area contributed by atoms with E-state index in [9.17, 15) is 26.4 Å². The number of carbonyl (C=O) groups excluding carboxylic acids is 1. The normalized spacial score (nSPS) is 12.6. The molecule has 0 aliphatic carbocycles. The van der Waals surface area contributed by atoms with Crippen LogP contribution in [0.4, 0.5) is 23.7 Å². The Labute approximate surface area is 137 Å². The van der Waals surface area contributed by atoms with E-state index in [1.807, 2.05) is 0 Å². The predicted octanol–water partition coefficient (Wildman–Crippen LogP) is 2.12. The molecule has 0 saturated carbocycles. The van der Waals surface area contributed by atoms with E-state index >= 15 is 0 Å². The number of anilines is 1. The molecule has 1 N–H and O–H groups in total. The van der Waals surface area contributed by atoms with E-state index in [0.29, 0.717) is 4.31 Å². The van der Waals surface area contributed by atoms with Crippen molar-refractivity contribution in [1.29, 1.82) is 0 Å². The molecule has 1 rings (SSSR count). The number of nitrogens with zero attached hydrogens (tertiary/aromatic N) is 2. The van der Waals surface area contributed by atoms with Crippen LogP contribution in [0.2, 0.25) is 0 Å². The molecule has 0 aliphatic heterocycles. The molecular formula is C13H16F3N3O4S. The second-order valence-electron chi connectivity index (χ2n) is 4.45. The number of halogens is 3. The topological polar surface area (TPSA) is 88.1 Å². The van der Waals surface area contributed by atoms with E-state index in [4.69, 9.17) is 0 Å². The maximum atomic E-state index is 12.9. The van der Waals surface area contributed by atoms with Crippen LogP contribution < -0.4 is 9.73 Å². The number of hydrazone groups is 1. The Morgan fingerprint density at radius 2 is 1.88 bits per heavy atom. The number of sulfonamides is 1. The molecule has 0 spiro atoms. The zero-order valence-corrected chi connectivity index (χ0v) is 13.7.